The molecule has 0 radical (unpaired) electrons. The molecule has 0 bridgehead atoms. The average Bonchev–Trinajstić information content (AvgIpc) is 2.75. The Morgan fingerprint density at radius 1 is 1.09 bits per heavy atom. The third kappa shape index (κ3) is 7.62. The van der Waals surface area contributed by atoms with E-state index in [2.05, 4.69) is 5.32 Å². The fourth-order valence-corrected chi connectivity index (χ4v) is 4.85. The van der Waals surface area contributed by atoms with Crippen LogP contribution in [0.4, 0.5) is 5.69 Å². The number of benzene rings is 2. The molecule has 2 aromatic carbocycles. The molecule has 180 valence electrons. The van der Waals surface area contributed by atoms with Gasteiger partial charge in [0, 0.05) is 36.6 Å². The van der Waals surface area contributed by atoms with Gasteiger partial charge in [-0.05, 0) is 55.7 Å². The van der Waals surface area contributed by atoms with E-state index in [0.717, 1.165) is 17.4 Å². The maximum atomic E-state index is 13.1. The molecule has 7 nitrogen and oxygen atoms in total. The van der Waals surface area contributed by atoms with Crippen LogP contribution in [0.15, 0.2) is 42.5 Å². The maximum absolute atomic E-state index is 13.1. The van der Waals surface area contributed by atoms with Crippen LogP contribution in [-0.2, 0) is 26.2 Å². The fraction of sp³-hybridized carbons (Fsp3) is 0.391. The van der Waals surface area contributed by atoms with Gasteiger partial charge in [0.05, 0.1) is 11.9 Å². The lowest BCUT2D eigenvalue weighted by Gasteiger charge is -2.29. The molecule has 1 atom stereocenters. The molecule has 33 heavy (non-hydrogen) atoms. The Morgan fingerprint density at radius 2 is 1.76 bits per heavy atom. The Kier molecular flexibility index (Phi) is 9.57. The predicted molar refractivity (Wildman–Crippen MR) is 133 cm³/mol. The number of amides is 2. The molecule has 0 aliphatic rings. The van der Waals surface area contributed by atoms with Gasteiger partial charge in [0.1, 0.15) is 6.04 Å². The molecule has 2 aromatic rings. The van der Waals surface area contributed by atoms with Crippen molar-refractivity contribution in [2.45, 2.75) is 39.3 Å². The molecule has 0 aromatic heterocycles. The van der Waals surface area contributed by atoms with Crippen LogP contribution >= 0.6 is 23.2 Å². The summed E-state index contributed by atoms with van der Waals surface area (Å²) in [4.78, 5) is 26.8. The van der Waals surface area contributed by atoms with Gasteiger partial charge in [-0.15, -0.1) is 0 Å². The van der Waals surface area contributed by atoms with Crippen LogP contribution in [0.1, 0.15) is 30.9 Å². The highest BCUT2D eigenvalue weighted by atomic mass is 35.5. The summed E-state index contributed by atoms with van der Waals surface area (Å²) >= 11 is 12.1. The number of sulfonamides is 1. The first kappa shape index (κ1) is 27.0. The second kappa shape index (κ2) is 11.7. The van der Waals surface area contributed by atoms with Crippen LogP contribution in [0, 0.1) is 6.92 Å². The van der Waals surface area contributed by atoms with Crippen molar-refractivity contribution in [3.63, 3.8) is 0 Å². The van der Waals surface area contributed by atoms with E-state index >= 15 is 0 Å². The second-order valence-electron chi connectivity index (χ2n) is 7.81. The number of nitrogens with zero attached hydrogens (tertiary/aromatic N) is 2. The van der Waals surface area contributed by atoms with Gasteiger partial charge >= 0.3 is 0 Å². The molecule has 2 amide bonds. The number of likely N-dealkylation sites (N-methyl/N-ethyl adjacent to an activating group) is 1. The van der Waals surface area contributed by atoms with E-state index in [1.807, 2.05) is 6.07 Å². The van der Waals surface area contributed by atoms with E-state index in [-0.39, 0.29) is 37.7 Å². The van der Waals surface area contributed by atoms with Gasteiger partial charge in [-0.3, -0.25) is 13.9 Å². The minimum atomic E-state index is -3.59. The van der Waals surface area contributed by atoms with E-state index in [9.17, 15) is 18.0 Å². The van der Waals surface area contributed by atoms with Crippen molar-refractivity contribution in [2.75, 3.05) is 24.2 Å². The first-order chi connectivity index (χ1) is 15.4. The maximum Gasteiger partial charge on any atom is 0.242 e. The number of carbonyl (C=O) groups excluding carboxylic acids is 2. The van der Waals surface area contributed by atoms with Gasteiger partial charge in [-0.1, -0.05) is 41.4 Å². The second-order valence-corrected chi connectivity index (χ2v) is 10.6. The molecular formula is C23H29Cl2N3O4S. The van der Waals surface area contributed by atoms with E-state index < -0.39 is 16.1 Å². The molecule has 0 saturated heterocycles. The molecule has 0 aliphatic carbocycles. The van der Waals surface area contributed by atoms with Gasteiger partial charge in [-0.25, -0.2) is 8.42 Å². The number of aryl methyl sites for hydroxylation is 1. The lowest BCUT2D eigenvalue weighted by molar-refractivity contribution is -0.140. The Labute approximate surface area is 205 Å². The molecule has 1 N–H and O–H groups in total. The van der Waals surface area contributed by atoms with E-state index in [4.69, 9.17) is 23.2 Å². The molecule has 0 aliphatic heterocycles. The van der Waals surface area contributed by atoms with Crippen LogP contribution in [0.5, 0.6) is 0 Å². The highest BCUT2D eigenvalue weighted by Crippen LogP contribution is 2.27. The Morgan fingerprint density at radius 3 is 2.36 bits per heavy atom. The quantitative estimate of drug-likeness (QED) is 0.519. The average molecular weight is 514 g/mol. The zero-order valence-electron chi connectivity index (χ0n) is 19.1. The molecule has 0 fully saturated rings. The van der Waals surface area contributed by atoms with Gasteiger partial charge in [-0.2, -0.15) is 0 Å². The third-order valence-electron chi connectivity index (χ3n) is 5.25. The lowest BCUT2D eigenvalue weighted by Crippen LogP contribution is -2.46. The first-order valence-electron chi connectivity index (χ1n) is 10.4. The van der Waals surface area contributed by atoms with Crippen LogP contribution in [0.2, 0.25) is 10.0 Å². The molecule has 0 unspecified atom stereocenters. The molecule has 10 heteroatoms. The van der Waals surface area contributed by atoms with Gasteiger partial charge in [0.2, 0.25) is 21.8 Å². The summed E-state index contributed by atoms with van der Waals surface area (Å²) in [6.07, 6.45) is 1.45. The van der Waals surface area contributed by atoms with Crippen LogP contribution in [-0.4, -0.2) is 51.0 Å². The smallest absolute Gasteiger partial charge is 0.242 e. The number of nitrogens with one attached hydrogen (secondary N) is 1. The molecule has 0 spiro atoms. The van der Waals surface area contributed by atoms with Crippen molar-refractivity contribution in [3.05, 3.63) is 63.6 Å². The summed E-state index contributed by atoms with van der Waals surface area (Å²) in [5, 5.41) is 3.52. The summed E-state index contributed by atoms with van der Waals surface area (Å²) in [5.74, 6) is -0.556. The van der Waals surface area contributed by atoms with Crippen LogP contribution in [0.25, 0.3) is 0 Å². The van der Waals surface area contributed by atoms with E-state index in [1.165, 1.54) is 16.3 Å². The minimum Gasteiger partial charge on any atom is -0.357 e. The predicted octanol–water partition coefficient (Wildman–Crippen LogP) is 4.01. The zero-order valence-corrected chi connectivity index (χ0v) is 21.5. The van der Waals surface area contributed by atoms with Crippen LogP contribution < -0.4 is 9.62 Å². The number of carbonyl (C=O) groups is 2. The van der Waals surface area contributed by atoms with Gasteiger partial charge < -0.3 is 10.2 Å². The number of rotatable bonds is 10. The topological polar surface area (TPSA) is 86.8 Å². The van der Waals surface area contributed by atoms with E-state index in [1.54, 1.807) is 50.2 Å². The molecule has 0 saturated carbocycles. The summed E-state index contributed by atoms with van der Waals surface area (Å²) < 4.78 is 26.1. The van der Waals surface area contributed by atoms with Gasteiger partial charge in [0.15, 0.2) is 0 Å². The van der Waals surface area contributed by atoms with Crippen molar-refractivity contribution in [3.8, 4) is 0 Å². The first-order valence-corrected chi connectivity index (χ1v) is 13.0. The number of halogens is 2. The summed E-state index contributed by atoms with van der Waals surface area (Å²) in [6.45, 7) is 3.76. The third-order valence-corrected chi connectivity index (χ3v) is 6.90. The highest BCUT2D eigenvalue weighted by Gasteiger charge is 2.26. The number of anilines is 1. The zero-order chi connectivity index (χ0) is 24.8. The normalized spacial score (nSPS) is 12.2. The summed E-state index contributed by atoms with van der Waals surface area (Å²) in [5.41, 5.74) is 2.03. The van der Waals surface area contributed by atoms with Crippen molar-refractivity contribution in [2.24, 2.45) is 0 Å². The monoisotopic (exact) mass is 513 g/mol. The Hall–Kier alpha value is -2.29. The fourth-order valence-electron chi connectivity index (χ4n) is 3.46. The van der Waals surface area contributed by atoms with E-state index in [0.29, 0.717) is 15.7 Å². The van der Waals surface area contributed by atoms with Crippen molar-refractivity contribution < 1.29 is 18.0 Å². The standard InChI is InChI=1S/C23H29Cl2N3O4S/c1-16-10-11-20(25)14-21(16)28(33(4,31)32)12-6-9-22(29)27(17(2)23(30)26-3)15-18-7-5-8-19(24)13-18/h5,7-8,10-11,13-14,17H,6,9,12,15H2,1-4H3,(H,26,30)/t17-/m1/s1. The summed E-state index contributed by atoms with van der Waals surface area (Å²) in [7, 11) is -2.08. The van der Waals surface area contributed by atoms with Crippen LogP contribution in [0.3, 0.4) is 0 Å². The molecule has 2 rings (SSSR count). The lowest BCUT2D eigenvalue weighted by atomic mass is 10.1. The van der Waals surface area contributed by atoms with Crippen molar-refractivity contribution >= 4 is 50.7 Å². The largest absolute Gasteiger partial charge is 0.357 e. The van der Waals surface area contributed by atoms with Crippen molar-refractivity contribution in [1.82, 2.24) is 10.2 Å². The van der Waals surface area contributed by atoms with Crippen molar-refractivity contribution in [1.29, 1.82) is 0 Å². The number of hydrogen-bond donors (Lipinski definition) is 1. The number of hydrogen-bond acceptors (Lipinski definition) is 4. The Balaban J connectivity index is 2.18. The molecule has 0 heterocycles. The summed E-state index contributed by atoms with van der Waals surface area (Å²) in [6, 6.07) is 11.4. The molecular weight excluding hydrogens is 485 g/mol. The minimum absolute atomic E-state index is 0.0630. The Bertz CT molecular complexity index is 1110. The highest BCUT2D eigenvalue weighted by molar-refractivity contribution is 7.92. The van der Waals surface area contributed by atoms with Gasteiger partial charge in [0.25, 0.3) is 0 Å². The SMILES string of the molecule is CNC(=O)[C@@H](C)N(Cc1cccc(Cl)c1)C(=O)CCCN(c1cc(Cl)ccc1C)S(C)(=O)=O.